The van der Waals surface area contributed by atoms with E-state index in [1.807, 2.05) is 28.9 Å². The molecule has 0 atom stereocenters. The Bertz CT molecular complexity index is 972. The lowest BCUT2D eigenvalue weighted by atomic mass is 10.1. The summed E-state index contributed by atoms with van der Waals surface area (Å²) in [4.78, 5) is 4.60. The van der Waals surface area contributed by atoms with Gasteiger partial charge in [0.15, 0.2) is 5.65 Å². The summed E-state index contributed by atoms with van der Waals surface area (Å²) in [6.45, 7) is 0. The molecule has 102 valence electrons. The zero-order valence-corrected chi connectivity index (χ0v) is 11.9. The van der Waals surface area contributed by atoms with Gasteiger partial charge < -0.3 is 10.1 Å². The van der Waals surface area contributed by atoms with E-state index in [-0.39, 0.29) is 0 Å². The van der Waals surface area contributed by atoms with E-state index in [1.165, 1.54) is 10.8 Å². The van der Waals surface area contributed by atoms with Gasteiger partial charge in [0.25, 0.3) is 0 Å². The standard InChI is InChI=1S/C17H12ClN3/c18-14-7-8-21-10-15(20-17(21)16(14)19)13-6-5-11-3-1-2-4-12(11)9-13/h1-10H,19H2. The fraction of sp³-hybridized carbons (Fsp3) is 0. The van der Waals surface area contributed by atoms with E-state index in [4.69, 9.17) is 17.3 Å². The zero-order valence-electron chi connectivity index (χ0n) is 11.1. The summed E-state index contributed by atoms with van der Waals surface area (Å²) < 4.78 is 1.89. The van der Waals surface area contributed by atoms with Gasteiger partial charge in [0, 0.05) is 18.0 Å². The summed E-state index contributed by atoms with van der Waals surface area (Å²) in [6, 6.07) is 16.3. The van der Waals surface area contributed by atoms with Gasteiger partial charge in [0.2, 0.25) is 0 Å². The van der Waals surface area contributed by atoms with E-state index < -0.39 is 0 Å². The van der Waals surface area contributed by atoms with Crippen LogP contribution in [0.25, 0.3) is 27.7 Å². The summed E-state index contributed by atoms with van der Waals surface area (Å²) in [5, 5.41) is 2.93. The summed E-state index contributed by atoms with van der Waals surface area (Å²) in [7, 11) is 0. The van der Waals surface area contributed by atoms with Crippen LogP contribution in [0.1, 0.15) is 0 Å². The zero-order chi connectivity index (χ0) is 14.4. The van der Waals surface area contributed by atoms with Gasteiger partial charge in [0.1, 0.15) is 0 Å². The van der Waals surface area contributed by atoms with Gasteiger partial charge >= 0.3 is 0 Å². The molecule has 0 spiro atoms. The Morgan fingerprint density at radius 2 is 1.81 bits per heavy atom. The Labute approximate surface area is 126 Å². The number of benzene rings is 2. The molecule has 0 fully saturated rings. The van der Waals surface area contributed by atoms with Gasteiger partial charge in [-0.1, -0.05) is 48.0 Å². The number of nitrogen functional groups attached to an aromatic ring is 1. The van der Waals surface area contributed by atoms with Crippen molar-refractivity contribution in [1.29, 1.82) is 0 Å². The number of rotatable bonds is 1. The fourth-order valence-corrected chi connectivity index (χ4v) is 2.68. The number of halogens is 1. The van der Waals surface area contributed by atoms with E-state index in [1.54, 1.807) is 6.07 Å². The molecule has 4 rings (SSSR count). The average molecular weight is 294 g/mol. The summed E-state index contributed by atoms with van der Waals surface area (Å²) in [6.07, 6.45) is 3.83. The number of nitrogens with two attached hydrogens (primary N) is 1. The molecule has 0 saturated carbocycles. The van der Waals surface area contributed by atoms with Crippen molar-refractivity contribution in [1.82, 2.24) is 9.38 Å². The molecule has 3 nitrogen and oxygen atoms in total. The Kier molecular flexibility index (Phi) is 2.62. The largest absolute Gasteiger partial charge is 0.394 e. The minimum Gasteiger partial charge on any atom is -0.394 e. The SMILES string of the molecule is Nc1c(Cl)ccn2cc(-c3ccc4ccccc4c3)nc12. The molecule has 0 saturated heterocycles. The van der Waals surface area contributed by atoms with Crippen LogP contribution in [-0.2, 0) is 0 Å². The van der Waals surface area contributed by atoms with Crippen molar-refractivity contribution in [3.63, 3.8) is 0 Å². The van der Waals surface area contributed by atoms with Crippen LogP contribution < -0.4 is 5.73 Å². The number of pyridine rings is 1. The molecular weight excluding hydrogens is 282 g/mol. The number of aromatic nitrogens is 2. The number of nitrogens with zero attached hydrogens (tertiary/aromatic N) is 2. The van der Waals surface area contributed by atoms with Crippen molar-refractivity contribution in [3.8, 4) is 11.3 Å². The highest BCUT2D eigenvalue weighted by Crippen LogP contribution is 2.28. The van der Waals surface area contributed by atoms with Crippen LogP contribution in [0.3, 0.4) is 0 Å². The van der Waals surface area contributed by atoms with Crippen LogP contribution in [0.15, 0.2) is 60.9 Å². The normalized spacial score (nSPS) is 11.3. The number of imidazole rings is 1. The lowest BCUT2D eigenvalue weighted by Gasteiger charge is -2.00. The third-order valence-corrected chi connectivity index (χ3v) is 3.99. The number of fused-ring (bicyclic) bond motifs is 2. The molecule has 2 heterocycles. The maximum atomic E-state index is 6.04. The van der Waals surface area contributed by atoms with Gasteiger partial charge in [-0.2, -0.15) is 0 Å². The van der Waals surface area contributed by atoms with Crippen molar-refractivity contribution >= 4 is 33.7 Å². The van der Waals surface area contributed by atoms with Gasteiger partial charge in [-0.25, -0.2) is 4.98 Å². The summed E-state index contributed by atoms with van der Waals surface area (Å²) >= 11 is 6.04. The molecule has 4 aromatic rings. The average Bonchev–Trinajstić information content (AvgIpc) is 2.95. The first kappa shape index (κ1) is 12.2. The van der Waals surface area contributed by atoms with Gasteiger partial charge in [-0.3, -0.25) is 0 Å². The second-order valence-electron chi connectivity index (χ2n) is 5.00. The highest BCUT2D eigenvalue weighted by atomic mass is 35.5. The quantitative estimate of drug-likeness (QED) is 0.565. The molecule has 2 N–H and O–H groups in total. The molecule has 2 aromatic heterocycles. The minimum atomic E-state index is 0.506. The molecular formula is C17H12ClN3. The molecule has 4 heteroatoms. The fourth-order valence-electron chi connectivity index (χ4n) is 2.54. The van der Waals surface area contributed by atoms with Gasteiger partial charge in [0.05, 0.1) is 16.4 Å². The second-order valence-corrected chi connectivity index (χ2v) is 5.40. The minimum absolute atomic E-state index is 0.506. The molecule has 0 bridgehead atoms. The summed E-state index contributed by atoms with van der Waals surface area (Å²) in [5.74, 6) is 0. The van der Waals surface area contributed by atoms with Crippen LogP contribution in [0.4, 0.5) is 5.69 Å². The van der Waals surface area contributed by atoms with E-state index in [0.717, 1.165) is 11.3 Å². The van der Waals surface area contributed by atoms with Crippen LogP contribution >= 0.6 is 11.6 Å². The van der Waals surface area contributed by atoms with Crippen LogP contribution in [-0.4, -0.2) is 9.38 Å². The Morgan fingerprint density at radius 1 is 1.00 bits per heavy atom. The Hall–Kier alpha value is -2.52. The van der Waals surface area contributed by atoms with Gasteiger partial charge in [-0.05, 0) is 22.9 Å². The second kappa shape index (κ2) is 4.50. The van der Waals surface area contributed by atoms with Crippen molar-refractivity contribution in [3.05, 3.63) is 65.9 Å². The highest BCUT2D eigenvalue weighted by molar-refractivity contribution is 6.33. The van der Waals surface area contributed by atoms with Crippen molar-refractivity contribution < 1.29 is 0 Å². The molecule has 0 aliphatic heterocycles. The third-order valence-electron chi connectivity index (χ3n) is 3.66. The Balaban J connectivity index is 1.93. The van der Waals surface area contributed by atoms with Crippen LogP contribution in [0.2, 0.25) is 5.02 Å². The summed E-state index contributed by atoms with van der Waals surface area (Å²) in [5.41, 5.74) is 9.12. The smallest absolute Gasteiger partial charge is 0.162 e. The first-order valence-corrected chi connectivity index (χ1v) is 7.02. The number of hydrogen-bond acceptors (Lipinski definition) is 2. The first-order valence-electron chi connectivity index (χ1n) is 6.64. The van der Waals surface area contributed by atoms with Crippen LogP contribution in [0.5, 0.6) is 0 Å². The van der Waals surface area contributed by atoms with E-state index >= 15 is 0 Å². The predicted molar refractivity (Wildman–Crippen MR) is 87.6 cm³/mol. The topological polar surface area (TPSA) is 43.3 Å². The maximum absolute atomic E-state index is 6.04. The van der Waals surface area contributed by atoms with Gasteiger partial charge in [-0.15, -0.1) is 0 Å². The molecule has 0 radical (unpaired) electrons. The van der Waals surface area contributed by atoms with Crippen molar-refractivity contribution in [2.75, 3.05) is 5.73 Å². The molecule has 0 aliphatic rings. The van der Waals surface area contributed by atoms with Crippen molar-refractivity contribution in [2.24, 2.45) is 0 Å². The molecule has 21 heavy (non-hydrogen) atoms. The lowest BCUT2D eigenvalue weighted by molar-refractivity contribution is 1.19. The molecule has 0 unspecified atom stereocenters. The third kappa shape index (κ3) is 1.94. The first-order chi connectivity index (χ1) is 10.2. The van der Waals surface area contributed by atoms with E-state index in [0.29, 0.717) is 16.4 Å². The van der Waals surface area contributed by atoms with Crippen LogP contribution in [0, 0.1) is 0 Å². The number of anilines is 1. The van der Waals surface area contributed by atoms with Crippen molar-refractivity contribution in [2.45, 2.75) is 0 Å². The predicted octanol–water partition coefficient (Wildman–Crippen LogP) is 4.39. The van der Waals surface area contributed by atoms with E-state index in [9.17, 15) is 0 Å². The lowest BCUT2D eigenvalue weighted by Crippen LogP contribution is -1.92. The van der Waals surface area contributed by atoms with E-state index in [2.05, 4.69) is 35.3 Å². The Morgan fingerprint density at radius 3 is 2.67 bits per heavy atom. The molecule has 2 aromatic carbocycles. The maximum Gasteiger partial charge on any atom is 0.162 e. The highest BCUT2D eigenvalue weighted by Gasteiger charge is 2.09. The molecule has 0 aliphatic carbocycles. The monoisotopic (exact) mass is 293 g/mol. The number of hydrogen-bond donors (Lipinski definition) is 1. The molecule has 0 amide bonds.